The molecule has 0 bridgehead atoms. The van der Waals surface area contributed by atoms with E-state index in [2.05, 4.69) is 10.1 Å². The molecule has 0 aliphatic heterocycles. The van der Waals surface area contributed by atoms with Gasteiger partial charge in [0.15, 0.2) is 0 Å². The van der Waals surface area contributed by atoms with Crippen LogP contribution in [0.25, 0.3) is 0 Å². The first-order valence-corrected chi connectivity index (χ1v) is 6.99. The molecule has 1 amide bonds. The standard InChI is InChI=1S/C13H17NO3S/c1-17-12(15)8-14-13(16)11-7-9-5-3-2-4-6-10(9)18-11/h7H,2-6,8H2,1H3,(H,14,16). The number of hydrogen-bond acceptors (Lipinski definition) is 4. The second-order valence-corrected chi connectivity index (χ2v) is 5.52. The van der Waals surface area contributed by atoms with Crippen molar-refractivity contribution in [1.82, 2.24) is 5.32 Å². The summed E-state index contributed by atoms with van der Waals surface area (Å²) >= 11 is 1.55. The van der Waals surface area contributed by atoms with E-state index < -0.39 is 5.97 Å². The number of esters is 1. The number of carbonyl (C=O) groups excluding carboxylic acids is 2. The lowest BCUT2D eigenvalue weighted by atomic mass is 10.1. The molecule has 0 fully saturated rings. The maximum absolute atomic E-state index is 11.9. The van der Waals surface area contributed by atoms with Gasteiger partial charge in [0.1, 0.15) is 6.54 Å². The average Bonchev–Trinajstić information content (AvgIpc) is 2.67. The monoisotopic (exact) mass is 267 g/mol. The Kier molecular flexibility index (Phi) is 4.36. The summed E-state index contributed by atoms with van der Waals surface area (Å²) in [6.07, 6.45) is 5.81. The highest BCUT2D eigenvalue weighted by Gasteiger charge is 2.16. The number of fused-ring (bicyclic) bond motifs is 1. The molecule has 1 aromatic heterocycles. The Morgan fingerprint density at radius 3 is 2.89 bits per heavy atom. The minimum absolute atomic E-state index is 0.0715. The number of nitrogens with one attached hydrogen (secondary N) is 1. The smallest absolute Gasteiger partial charge is 0.325 e. The van der Waals surface area contributed by atoms with Crippen LogP contribution >= 0.6 is 11.3 Å². The van der Waals surface area contributed by atoms with Gasteiger partial charge in [-0.25, -0.2) is 0 Å². The predicted molar refractivity (Wildman–Crippen MR) is 69.9 cm³/mol. The van der Waals surface area contributed by atoms with E-state index in [-0.39, 0.29) is 12.5 Å². The Bertz CT molecular complexity index is 430. The van der Waals surface area contributed by atoms with E-state index in [1.165, 1.54) is 36.8 Å². The minimum Gasteiger partial charge on any atom is -0.468 e. The Morgan fingerprint density at radius 2 is 2.11 bits per heavy atom. The zero-order chi connectivity index (χ0) is 13.0. The second kappa shape index (κ2) is 6.00. The van der Waals surface area contributed by atoms with Gasteiger partial charge in [-0.05, 0) is 37.3 Å². The van der Waals surface area contributed by atoms with Crippen LogP contribution in [-0.4, -0.2) is 25.5 Å². The lowest BCUT2D eigenvalue weighted by molar-refractivity contribution is -0.139. The molecule has 1 aliphatic carbocycles. The highest BCUT2D eigenvalue weighted by molar-refractivity contribution is 7.14. The van der Waals surface area contributed by atoms with Crippen molar-refractivity contribution in [3.63, 3.8) is 0 Å². The molecule has 4 nitrogen and oxygen atoms in total. The predicted octanol–water partition coefficient (Wildman–Crippen LogP) is 1.92. The van der Waals surface area contributed by atoms with Crippen LogP contribution in [0.3, 0.4) is 0 Å². The van der Waals surface area contributed by atoms with Crippen molar-refractivity contribution in [2.24, 2.45) is 0 Å². The van der Waals surface area contributed by atoms with Gasteiger partial charge in [-0.2, -0.15) is 0 Å². The number of rotatable bonds is 3. The normalized spacial score (nSPS) is 14.5. The van der Waals surface area contributed by atoms with Gasteiger partial charge in [-0.1, -0.05) is 6.42 Å². The molecule has 0 aromatic carbocycles. The molecule has 0 spiro atoms. The largest absolute Gasteiger partial charge is 0.468 e. The van der Waals surface area contributed by atoms with Gasteiger partial charge in [0.05, 0.1) is 12.0 Å². The van der Waals surface area contributed by atoms with E-state index in [0.717, 1.165) is 12.8 Å². The van der Waals surface area contributed by atoms with Crippen molar-refractivity contribution in [2.45, 2.75) is 32.1 Å². The summed E-state index contributed by atoms with van der Waals surface area (Å²) in [6, 6.07) is 1.97. The minimum atomic E-state index is -0.429. The van der Waals surface area contributed by atoms with Gasteiger partial charge >= 0.3 is 5.97 Å². The highest BCUT2D eigenvalue weighted by Crippen LogP contribution is 2.28. The number of methoxy groups -OCH3 is 1. The topological polar surface area (TPSA) is 55.4 Å². The summed E-state index contributed by atoms with van der Waals surface area (Å²) in [5.74, 6) is -0.611. The fraction of sp³-hybridized carbons (Fsp3) is 0.538. The van der Waals surface area contributed by atoms with Gasteiger partial charge in [0.2, 0.25) is 0 Å². The quantitative estimate of drug-likeness (QED) is 0.672. The third kappa shape index (κ3) is 3.10. The molecule has 1 aromatic rings. The SMILES string of the molecule is COC(=O)CNC(=O)c1cc2c(s1)CCCCC2. The molecule has 1 N–H and O–H groups in total. The van der Waals surface area contributed by atoms with E-state index in [9.17, 15) is 9.59 Å². The van der Waals surface area contributed by atoms with Gasteiger partial charge in [0, 0.05) is 4.88 Å². The van der Waals surface area contributed by atoms with Crippen LogP contribution in [0.15, 0.2) is 6.07 Å². The lowest BCUT2D eigenvalue weighted by Gasteiger charge is -2.01. The van der Waals surface area contributed by atoms with Crippen molar-refractivity contribution < 1.29 is 14.3 Å². The molecule has 0 saturated carbocycles. The average molecular weight is 267 g/mol. The number of carbonyl (C=O) groups is 2. The zero-order valence-corrected chi connectivity index (χ0v) is 11.3. The summed E-state index contributed by atoms with van der Waals surface area (Å²) in [5.41, 5.74) is 1.31. The third-order valence-electron chi connectivity index (χ3n) is 3.09. The maximum atomic E-state index is 11.9. The van der Waals surface area contributed by atoms with Crippen LogP contribution < -0.4 is 5.32 Å². The van der Waals surface area contributed by atoms with Gasteiger partial charge in [0.25, 0.3) is 5.91 Å². The lowest BCUT2D eigenvalue weighted by Crippen LogP contribution is -2.29. The number of ether oxygens (including phenoxy) is 1. The van der Waals surface area contributed by atoms with Crippen LogP contribution in [0.2, 0.25) is 0 Å². The van der Waals surface area contributed by atoms with Crippen molar-refractivity contribution in [3.8, 4) is 0 Å². The molecule has 1 aliphatic rings. The molecule has 0 radical (unpaired) electrons. The fourth-order valence-electron chi connectivity index (χ4n) is 2.09. The Balaban J connectivity index is 2.00. The Morgan fingerprint density at radius 1 is 1.33 bits per heavy atom. The Hall–Kier alpha value is -1.36. The fourth-order valence-corrected chi connectivity index (χ4v) is 3.26. The van der Waals surface area contributed by atoms with Crippen molar-refractivity contribution in [3.05, 3.63) is 21.4 Å². The zero-order valence-electron chi connectivity index (χ0n) is 10.5. The van der Waals surface area contributed by atoms with Crippen molar-refractivity contribution in [2.75, 3.05) is 13.7 Å². The molecule has 0 atom stereocenters. The number of aryl methyl sites for hydroxylation is 2. The molecular formula is C13H17NO3S. The van der Waals surface area contributed by atoms with E-state index >= 15 is 0 Å². The van der Waals surface area contributed by atoms with Gasteiger partial charge in [-0.3, -0.25) is 9.59 Å². The van der Waals surface area contributed by atoms with Crippen LogP contribution in [0, 0.1) is 0 Å². The number of hydrogen-bond donors (Lipinski definition) is 1. The van der Waals surface area contributed by atoms with Gasteiger partial charge < -0.3 is 10.1 Å². The van der Waals surface area contributed by atoms with Crippen LogP contribution in [0.5, 0.6) is 0 Å². The highest BCUT2D eigenvalue weighted by atomic mass is 32.1. The maximum Gasteiger partial charge on any atom is 0.325 e. The summed E-state index contributed by atoms with van der Waals surface area (Å²) in [4.78, 5) is 24.8. The first-order chi connectivity index (χ1) is 8.70. The van der Waals surface area contributed by atoms with Crippen LogP contribution in [-0.2, 0) is 22.4 Å². The van der Waals surface area contributed by atoms with E-state index in [0.29, 0.717) is 4.88 Å². The van der Waals surface area contributed by atoms with E-state index in [1.54, 1.807) is 11.3 Å². The summed E-state index contributed by atoms with van der Waals surface area (Å²) in [6.45, 7) is -0.0715. The Labute approximate surface area is 110 Å². The van der Waals surface area contributed by atoms with Crippen molar-refractivity contribution in [1.29, 1.82) is 0 Å². The molecule has 0 unspecified atom stereocenters. The van der Waals surface area contributed by atoms with Crippen LogP contribution in [0.1, 0.15) is 39.4 Å². The molecule has 18 heavy (non-hydrogen) atoms. The number of amides is 1. The molecule has 98 valence electrons. The van der Waals surface area contributed by atoms with E-state index in [1.807, 2.05) is 6.07 Å². The second-order valence-electron chi connectivity index (χ2n) is 4.38. The molecular weight excluding hydrogens is 250 g/mol. The first kappa shape index (κ1) is 13.1. The molecule has 0 saturated heterocycles. The summed E-state index contributed by atoms with van der Waals surface area (Å²) in [7, 11) is 1.31. The number of thiophene rings is 1. The molecule has 5 heteroatoms. The first-order valence-electron chi connectivity index (χ1n) is 6.17. The van der Waals surface area contributed by atoms with Gasteiger partial charge in [-0.15, -0.1) is 11.3 Å². The molecule has 1 heterocycles. The van der Waals surface area contributed by atoms with Crippen LogP contribution in [0.4, 0.5) is 0 Å². The summed E-state index contributed by atoms with van der Waals surface area (Å²) < 4.78 is 4.48. The summed E-state index contributed by atoms with van der Waals surface area (Å²) in [5, 5.41) is 2.57. The van der Waals surface area contributed by atoms with E-state index in [4.69, 9.17) is 0 Å². The molecule has 2 rings (SSSR count). The van der Waals surface area contributed by atoms with Crippen molar-refractivity contribution >= 4 is 23.2 Å². The third-order valence-corrected chi connectivity index (χ3v) is 4.33.